The highest BCUT2D eigenvalue weighted by atomic mass is 35.5. The average molecular weight is 367 g/mol. The van der Waals surface area contributed by atoms with Crippen LogP contribution >= 0.6 is 11.6 Å². The van der Waals surface area contributed by atoms with Crippen LogP contribution in [0, 0.1) is 0 Å². The lowest BCUT2D eigenvalue weighted by molar-refractivity contribution is -0.254. The minimum atomic E-state index is -3.17. The molecule has 1 N–H and O–H groups in total. The van der Waals surface area contributed by atoms with Crippen molar-refractivity contribution in [3.63, 3.8) is 0 Å². The van der Waals surface area contributed by atoms with Crippen molar-refractivity contribution < 1.29 is 23.1 Å². The molecule has 0 atom stereocenters. The first-order chi connectivity index (χ1) is 11.2. The summed E-state index contributed by atoms with van der Waals surface area (Å²) in [5.41, 5.74) is 0.623. The van der Waals surface area contributed by atoms with Crippen molar-refractivity contribution in [1.29, 1.82) is 0 Å². The van der Waals surface area contributed by atoms with Gasteiger partial charge in [-0.2, -0.15) is 0 Å². The second kappa shape index (κ2) is 7.02. The van der Waals surface area contributed by atoms with E-state index in [-0.39, 0.29) is 27.6 Å². The van der Waals surface area contributed by atoms with Crippen molar-refractivity contribution >= 4 is 39.0 Å². The predicted molar refractivity (Wildman–Crippen MR) is 88.7 cm³/mol. The van der Waals surface area contributed by atoms with Gasteiger partial charge >= 0.3 is 0 Å². The van der Waals surface area contributed by atoms with Gasteiger partial charge in [-0.1, -0.05) is 23.7 Å². The molecule has 24 heavy (non-hydrogen) atoms. The molecule has 8 heteroatoms. The number of halogens is 1. The molecule has 2 aromatic rings. The molecule has 0 spiro atoms. The lowest BCUT2D eigenvalue weighted by Crippen LogP contribution is -2.24. The Balaban J connectivity index is 2.21. The van der Waals surface area contributed by atoms with Crippen LogP contribution < -0.4 is 10.4 Å². The average Bonchev–Trinajstić information content (AvgIpc) is 2.46. The highest BCUT2D eigenvalue weighted by molar-refractivity contribution is 7.89. The maximum atomic E-state index is 12.2. The Labute approximate surface area is 144 Å². The Kier molecular flexibility index (Phi) is 5.26. The molecule has 0 saturated carbocycles. The fourth-order valence-corrected chi connectivity index (χ4v) is 3.02. The van der Waals surface area contributed by atoms with Gasteiger partial charge in [0.25, 0.3) is 5.91 Å². The van der Waals surface area contributed by atoms with E-state index >= 15 is 0 Å². The van der Waals surface area contributed by atoms with Crippen molar-refractivity contribution in [3.8, 4) is 0 Å². The number of carbonyl (C=O) groups is 2. The number of carboxylic acids is 1. The van der Waals surface area contributed by atoms with Gasteiger partial charge in [0, 0.05) is 22.4 Å². The molecule has 2 rings (SSSR count). The fraction of sp³-hybridized carbons (Fsp3) is 0.125. The van der Waals surface area contributed by atoms with E-state index in [9.17, 15) is 23.1 Å². The predicted octanol–water partition coefficient (Wildman–Crippen LogP) is 1.50. The molecule has 1 amide bonds. The summed E-state index contributed by atoms with van der Waals surface area (Å²) in [6, 6.07) is 9.88. The number of hydrogen-bond acceptors (Lipinski definition) is 5. The molecular weight excluding hydrogens is 354 g/mol. The largest absolute Gasteiger partial charge is 0.545 e. The van der Waals surface area contributed by atoms with Gasteiger partial charge in [0.2, 0.25) is 0 Å². The highest BCUT2D eigenvalue weighted by Crippen LogP contribution is 2.21. The fourth-order valence-electron chi connectivity index (χ4n) is 2.05. The summed E-state index contributed by atoms with van der Waals surface area (Å²) in [5, 5.41) is 13.8. The normalized spacial score (nSPS) is 11.1. The zero-order chi connectivity index (χ0) is 17.9. The smallest absolute Gasteiger partial charge is 0.255 e. The van der Waals surface area contributed by atoms with E-state index in [4.69, 9.17) is 11.6 Å². The molecule has 0 aliphatic carbocycles. The lowest BCUT2D eigenvalue weighted by atomic mass is 10.1. The van der Waals surface area contributed by atoms with Crippen LogP contribution in [0.2, 0.25) is 5.02 Å². The number of anilines is 1. The summed E-state index contributed by atoms with van der Waals surface area (Å²) in [6.07, 6.45) is 1.12. The van der Waals surface area contributed by atoms with Gasteiger partial charge < -0.3 is 15.2 Å². The zero-order valence-corrected chi connectivity index (χ0v) is 14.1. The second-order valence-electron chi connectivity index (χ2n) is 5.20. The van der Waals surface area contributed by atoms with Crippen LogP contribution in [0.25, 0.3) is 0 Å². The Morgan fingerprint density at radius 3 is 2.29 bits per heavy atom. The third kappa shape index (κ3) is 4.81. The number of amides is 1. The van der Waals surface area contributed by atoms with Gasteiger partial charge in [-0.05, 0) is 35.9 Å². The molecule has 0 fully saturated rings. The van der Waals surface area contributed by atoms with Crippen LogP contribution in [0.1, 0.15) is 26.3 Å². The first-order valence-corrected chi connectivity index (χ1v) is 9.18. The Morgan fingerprint density at radius 2 is 1.75 bits per heavy atom. The first-order valence-electron chi connectivity index (χ1n) is 6.74. The summed E-state index contributed by atoms with van der Waals surface area (Å²) >= 11 is 5.81. The molecule has 0 aliphatic rings. The van der Waals surface area contributed by atoms with Crippen LogP contribution in [-0.2, 0) is 15.6 Å². The minimum Gasteiger partial charge on any atom is -0.545 e. The van der Waals surface area contributed by atoms with E-state index in [1.165, 1.54) is 42.5 Å². The summed E-state index contributed by atoms with van der Waals surface area (Å²) < 4.78 is 22.5. The molecule has 2 aromatic carbocycles. The molecule has 6 nitrogen and oxygen atoms in total. The van der Waals surface area contributed by atoms with Crippen molar-refractivity contribution in [1.82, 2.24) is 0 Å². The van der Waals surface area contributed by atoms with E-state index < -0.39 is 21.7 Å². The number of benzene rings is 2. The van der Waals surface area contributed by atoms with Crippen LogP contribution in [0.5, 0.6) is 0 Å². The van der Waals surface area contributed by atoms with Gasteiger partial charge in [0.1, 0.15) is 0 Å². The third-order valence-corrected chi connectivity index (χ3v) is 4.19. The Morgan fingerprint density at radius 1 is 1.12 bits per heavy atom. The standard InChI is InChI=1S/C16H14ClNO5S/c1-24(22,23)9-10-2-4-11(5-3-10)15(19)18-14-8-12(17)6-7-13(14)16(20)21/h2-8H,9H2,1H3,(H,18,19)(H,20,21)/p-1. The molecule has 0 bridgehead atoms. The van der Waals surface area contributed by atoms with Gasteiger partial charge in [-0.25, -0.2) is 8.42 Å². The summed E-state index contributed by atoms with van der Waals surface area (Å²) in [6.45, 7) is 0. The van der Waals surface area contributed by atoms with E-state index in [1.54, 1.807) is 0 Å². The number of carboxylic acid groups (broad SMARTS) is 1. The van der Waals surface area contributed by atoms with E-state index in [2.05, 4.69) is 5.32 Å². The van der Waals surface area contributed by atoms with E-state index in [0.717, 1.165) is 6.26 Å². The van der Waals surface area contributed by atoms with Crippen LogP contribution in [0.3, 0.4) is 0 Å². The molecule has 0 radical (unpaired) electrons. The molecule has 0 aromatic heterocycles. The van der Waals surface area contributed by atoms with Crippen LogP contribution in [0.4, 0.5) is 5.69 Å². The SMILES string of the molecule is CS(=O)(=O)Cc1ccc(C(=O)Nc2cc(Cl)ccc2C(=O)[O-])cc1. The molecule has 0 unspecified atom stereocenters. The van der Waals surface area contributed by atoms with Gasteiger partial charge in [0.15, 0.2) is 9.84 Å². The first kappa shape index (κ1) is 18.0. The molecular formula is C16H13ClNO5S-. The monoisotopic (exact) mass is 366 g/mol. The summed E-state index contributed by atoms with van der Waals surface area (Å²) in [4.78, 5) is 23.3. The number of carbonyl (C=O) groups excluding carboxylic acids is 2. The third-order valence-electron chi connectivity index (χ3n) is 3.09. The van der Waals surface area contributed by atoms with Crippen molar-refractivity contribution in [2.45, 2.75) is 5.75 Å². The van der Waals surface area contributed by atoms with Crippen molar-refractivity contribution in [2.24, 2.45) is 0 Å². The summed E-state index contributed by atoms with van der Waals surface area (Å²) in [7, 11) is -3.17. The van der Waals surface area contributed by atoms with Gasteiger partial charge in [0.05, 0.1) is 17.4 Å². The zero-order valence-electron chi connectivity index (χ0n) is 12.6. The molecule has 0 heterocycles. The Hall–Kier alpha value is -2.38. The second-order valence-corrected chi connectivity index (χ2v) is 7.78. The molecule has 0 aliphatic heterocycles. The number of aromatic carboxylic acids is 1. The summed E-state index contributed by atoms with van der Waals surface area (Å²) in [5.74, 6) is -2.12. The number of rotatable bonds is 5. The molecule has 0 saturated heterocycles. The molecule has 126 valence electrons. The van der Waals surface area contributed by atoms with Crippen LogP contribution in [-0.4, -0.2) is 26.6 Å². The number of hydrogen-bond donors (Lipinski definition) is 1. The maximum absolute atomic E-state index is 12.2. The van der Waals surface area contributed by atoms with Gasteiger partial charge in [-0.15, -0.1) is 0 Å². The lowest BCUT2D eigenvalue weighted by Gasteiger charge is -2.12. The number of nitrogens with one attached hydrogen (secondary N) is 1. The highest BCUT2D eigenvalue weighted by Gasteiger charge is 2.11. The maximum Gasteiger partial charge on any atom is 0.255 e. The minimum absolute atomic E-state index is 0.0210. The van der Waals surface area contributed by atoms with Gasteiger partial charge in [-0.3, -0.25) is 4.79 Å². The topological polar surface area (TPSA) is 103 Å². The van der Waals surface area contributed by atoms with Crippen LogP contribution in [0.15, 0.2) is 42.5 Å². The van der Waals surface area contributed by atoms with Crippen molar-refractivity contribution in [3.05, 3.63) is 64.2 Å². The van der Waals surface area contributed by atoms with E-state index in [0.29, 0.717) is 5.56 Å². The van der Waals surface area contributed by atoms with E-state index in [1.807, 2.05) is 0 Å². The quantitative estimate of drug-likeness (QED) is 0.863. The Bertz CT molecular complexity index is 891. The van der Waals surface area contributed by atoms with Crippen molar-refractivity contribution in [2.75, 3.05) is 11.6 Å². The number of sulfone groups is 1.